The standard InChI is InChI=1S/C15H26N2O/c1-11-9-13(10-12(2)15(11)18-6)14(17(4)5)7-8-16-3/h9-10,14,16H,7-8H2,1-6H3. The minimum atomic E-state index is 0.445. The zero-order valence-corrected chi connectivity index (χ0v) is 12.5. The van der Waals surface area contributed by atoms with Crippen molar-refractivity contribution >= 4 is 0 Å². The molecule has 0 aliphatic rings. The Labute approximate surface area is 111 Å². The van der Waals surface area contributed by atoms with E-state index in [1.165, 1.54) is 16.7 Å². The van der Waals surface area contributed by atoms with Crippen LogP contribution >= 0.6 is 0 Å². The van der Waals surface area contributed by atoms with Gasteiger partial charge >= 0.3 is 0 Å². The lowest BCUT2D eigenvalue weighted by Gasteiger charge is -2.26. The van der Waals surface area contributed by atoms with E-state index in [0.717, 1.165) is 18.7 Å². The molecule has 1 aromatic carbocycles. The summed E-state index contributed by atoms with van der Waals surface area (Å²) in [7, 11) is 8.00. The van der Waals surface area contributed by atoms with E-state index in [9.17, 15) is 0 Å². The highest BCUT2D eigenvalue weighted by atomic mass is 16.5. The number of methoxy groups -OCH3 is 1. The van der Waals surface area contributed by atoms with E-state index in [-0.39, 0.29) is 0 Å². The Morgan fingerprint density at radius 3 is 2.17 bits per heavy atom. The summed E-state index contributed by atoms with van der Waals surface area (Å²) in [6.45, 7) is 5.24. The Balaban J connectivity index is 3.05. The van der Waals surface area contributed by atoms with Crippen LogP contribution < -0.4 is 10.1 Å². The average Bonchev–Trinajstić information content (AvgIpc) is 2.28. The van der Waals surface area contributed by atoms with E-state index in [1.54, 1.807) is 7.11 Å². The molecule has 0 saturated carbocycles. The first kappa shape index (κ1) is 15.0. The Morgan fingerprint density at radius 1 is 1.22 bits per heavy atom. The molecule has 0 aromatic heterocycles. The number of nitrogens with one attached hydrogen (secondary N) is 1. The van der Waals surface area contributed by atoms with Gasteiger partial charge in [-0.1, -0.05) is 12.1 Å². The molecule has 3 nitrogen and oxygen atoms in total. The van der Waals surface area contributed by atoms with Crippen LogP contribution in [0.4, 0.5) is 0 Å². The van der Waals surface area contributed by atoms with Crippen molar-refractivity contribution in [3.05, 3.63) is 28.8 Å². The van der Waals surface area contributed by atoms with E-state index < -0.39 is 0 Å². The first-order chi connectivity index (χ1) is 8.51. The quantitative estimate of drug-likeness (QED) is 0.839. The second-order valence-corrected chi connectivity index (χ2v) is 5.06. The van der Waals surface area contributed by atoms with Gasteiger partial charge in [0.1, 0.15) is 5.75 Å². The molecule has 0 heterocycles. The van der Waals surface area contributed by atoms with Crippen molar-refractivity contribution < 1.29 is 4.74 Å². The molecular formula is C15H26N2O. The smallest absolute Gasteiger partial charge is 0.124 e. The molecule has 1 aromatic rings. The van der Waals surface area contributed by atoms with E-state index in [2.05, 4.69) is 50.3 Å². The third-order valence-electron chi connectivity index (χ3n) is 3.36. The molecule has 3 heteroatoms. The van der Waals surface area contributed by atoms with Gasteiger partial charge in [-0.15, -0.1) is 0 Å². The van der Waals surface area contributed by atoms with Crippen LogP contribution in [0, 0.1) is 13.8 Å². The highest BCUT2D eigenvalue weighted by Gasteiger charge is 2.16. The van der Waals surface area contributed by atoms with Crippen LogP contribution in [0.5, 0.6) is 5.75 Å². The van der Waals surface area contributed by atoms with Gasteiger partial charge in [-0.3, -0.25) is 0 Å². The number of ether oxygens (including phenoxy) is 1. The van der Waals surface area contributed by atoms with Gasteiger partial charge in [-0.2, -0.15) is 0 Å². The largest absolute Gasteiger partial charge is 0.496 e. The molecule has 0 spiro atoms. The zero-order chi connectivity index (χ0) is 13.7. The Morgan fingerprint density at radius 2 is 1.78 bits per heavy atom. The van der Waals surface area contributed by atoms with E-state index in [4.69, 9.17) is 4.74 Å². The van der Waals surface area contributed by atoms with Gasteiger partial charge in [0.2, 0.25) is 0 Å². The van der Waals surface area contributed by atoms with Crippen LogP contribution in [0.25, 0.3) is 0 Å². The van der Waals surface area contributed by atoms with Gasteiger partial charge in [0.05, 0.1) is 7.11 Å². The lowest BCUT2D eigenvalue weighted by molar-refractivity contribution is 0.282. The summed E-state index contributed by atoms with van der Waals surface area (Å²) >= 11 is 0. The fourth-order valence-corrected chi connectivity index (χ4v) is 2.50. The SMILES string of the molecule is CNCCC(c1cc(C)c(OC)c(C)c1)N(C)C. The number of rotatable bonds is 6. The van der Waals surface area contributed by atoms with Crippen molar-refractivity contribution in [3.8, 4) is 5.75 Å². The topological polar surface area (TPSA) is 24.5 Å². The molecule has 1 unspecified atom stereocenters. The Hall–Kier alpha value is -1.06. The monoisotopic (exact) mass is 250 g/mol. The number of hydrogen-bond donors (Lipinski definition) is 1. The number of benzene rings is 1. The molecule has 1 N–H and O–H groups in total. The average molecular weight is 250 g/mol. The van der Waals surface area contributed by atoms with Crippen molar-refractivity contribution in [1.29, 1.82) is 0 Å². The molecule has 0 bridgehead atoms. The van der Waals surface area contributed by atoms with Crippen LogP contribution in [0.1, 0.15) is 29.2 Å². The van der Waals surface area contributed by atoms with Crippen molar-refractivity contribution in [1.82, 2.24) is 10.2 Å². The predicted octanol–water partition coefficient (Wildman–Crippen LogP) is 2.52. The minimum Gasteiger partial charge on any atom is -0.496 e. The maximum Gasteiger partial charge on any atom is 0.124 e. The normalized spacial score (nSPS) is 12.8. The summed E-state index contributed by atoms with van der Waals surface area (Å²) in [5, 5.41) is 3.22. The summed E-state index contributed by atoms with van der Waals surface area (Å²) in [4.78, 5) is 2.28. The summed E-state index contributed by atoms with van der Waals surface area (Å²) < 4.78 is 5.43. The van der Waals surface area contributed by atoms with Gasteiger partial charge in [0.25, 0.3) is 0 Å². The lowest BCUT2D eigenvalue weighted by atomic mass is 9.97. The molecule has 1 rings (SSSR count). The minimum absolute atomic E-state index is 0.445. The van der Waals surface area contributed by atoms with E-state index >= 15 is 0 Å². The van der Waals surface area contributed by atoms with Crippen LogP contribution in [0.2, 0.25) is 0 Å². The second kappa shape index (κ2) is 6.76. The van der Waals surface area contributed by atoms with Gasteiger partial charge < -0.3 is 15.0 Å². The molecule has 1 atom stereocenters. The molecule has 0 radical (unpaired) electrons. The molecule has 0 aliphatic carbocycles. The van der Waals surface area contributed by atoms with E-state index in [1.807, 2.05) is 7.05 Å². The third-order valence-corrected chi connectivity index (χ3v) is 3.36. The second-order valence-electron chi connectivity index (χ2n) is 5.06. The Kier molecular flexibility index (Phi) is 5.63. The molecule has 18 heavy (non-hydrogen) atoms. The maximum atomic E-state index is 5.43. The molecular weight excluding hydrogens is 224 g/mol. The van der Waals surface area contributed by atoms with Crippen molar-refractivity contribution in [3.63, 3.8) is 0 Å². The fraction of sp³-hybridized carbons (Fsp3) is 0.600. The predicted molar refractivity (Wildman–Crippen MR) is 77.4 cm³/mol. The van der Waals surface area contributed by atoms with Crippen LogP contribution in [0.3, 0.4) is 0 Å². The van der Waals surface area contributed by atoms with Crippen LogP contribution in [0.15, 0.2) is 12.1 Å². The first-order valence-electron chi connectivity index (χ1n) is 6.47. The molecule has 0 amide bonds. The number of nitrogens with zero attached hydrogens (tertiary/aromatic N) is 1. The van der Waals surface area contributed by atoms with Crippen molar-refractivity contribution in [2.75, 3.05) is 34.8 Å². The molecule has 0 saturated heterocycles. The highest BCUT2D eigenvalue weighted by molar-refractivity contribution is 5.44. The molecule has 102 valence electrons. The van der Waals surface area contributed by atoms with Gasteiger partial charge in [-0.25, -0.2) is 0 Å². The zero-order valence-electron chi connectivity index (χ0n) is 12.5. The summed E-state index contributed by atoms with van der Waals surface area (Å²) in [6, 6.07) is 4.93. The third kappa shape index (κ3) is 3.47. The highest BCUT2D eigenvalue weighted by Crippen LogP contribution is 2.30. The molecule has 0 aliphatic heterocycles. The molecule has 0 fully saturated rings. The van der Waals surface area contributed by atoms with Gasteiger partial charge in [0, 0.05) is 6.04 Å². The van der Waals surface area contributed by atoms with Crippen molar-refractivity contribution in [2.45, 2.75) is 26.3 Å². The van der Waals surface area contributed by atoms with Gasteiger partial charge in [-0.05, 0) is 64.6 Å². The summed E-state index contributed by atoms with van der Waals surface area (Å²) in [5.41, 5.74) is 3.79. The maximum absolute atomic E-state index is 5.43. The van der Waals surface area contributed by atoms with Crippen LogP contribution in [-0.2, 0) is 0 Å². The fourth-order valence-electron chi connectivity index (χ4n) is 2.50. The van der Waals surface area contributed by atoms with E-state index in [0.29, 0.717) is 6.04 Å². The number of aryl methyl sites for hydroxylation is 2. The van der Waals surface area contributed by atoms with Crippen LogP contribution in [-0.4, -0.2) is 39.7 Å². The first-order valence-corrected chi connectivity index (χ1v) is 6.47. The lowest BCUT2D eigenvalue weighted by Crippen LogP contribution is -2.24. The summed E-state index contributed by atoms with van der Waals surface area (Å²) in [5.74, 6) is 1.00. The Bertz CT molecular complexity index is 365. The number of hydrogen-bond acceptors (Lipinski definition) is 3. The van der Waals surface area contributed by atoms with Gasteiger partial charge in [0.15, 0.2) is 0 Å². The van der Waals surface area contributed by atoms with Crippen molar-refractivity contribution in [2.24, 2.45) is 0 Å². The summed E-state index contributed by atoms with van der Waals surface area (Å²) in [6.07, 6.45) is 1.11.